The highest BCUT2D eigenvalue weighted by Crippen LogP contribution is 2.40. The lowest BCUT2D eigenvalue weighted by Gasteiger charge is -2.54. The molecule has 0 bridgehead atoms. The van der Waals surface area contributed by atoms with Gasteiger partial charge in [-0.25, -0.2) is 4.79 Å². The Balaban J connectivity index is 2.10. The maximum atomic E-state index is 11.2. The summed E-state index contributed by atoms with van der Waals surface area (Å²) < 4.78 is 0. The molecule has 1 aromatic rings. The Morgan fingerprint density at radius 1 is 1.22 bits per heavy atom. The number of hydrogen-bond donors (Lipinski definition) is 0. The van der Waals surface area contributed by atoms with Gasteiger partial charge in [0.2, 0.25) is 0 Å². The summed E-state index contributed by atoms with van der Waals surface area (Å²) in [5.74, 6) is -0.549. The van der Waals surface area contributed by atoms with E-state index in [-0.39, 0.29) is 17.2 Å². The largest absolute Gasteiger partial charge is 0.365 e. The SMILES string of the molecule is C=CC(=O)OOC1CC(C)(C)N(Cc2ccccc2)C(C)(C)C1. The van der Waals surface area contributed by atoms with Crippen molar-refractivity contribution in [2.75, 3.05) is 0 Å². The Bertz CT molecular complexity index is 533. The molecule has 1 aromatic carbocycles. The minimum absolute atomic E-state index is 0.0666. The maximum Gasteiger partial charge on any atom is 0.365 e. The van der Waals surface area contributed by atoms with Crippen molar-refractivity contribution < 1.29 is 14.6 Å². The van der Waals surface area contributed by atoms with Crippen molar-refractivity contribution in [1.29, 1.82) is 0 Å². The van der Waals surface area contributed by atoms with Crippen molar-refractivity contribution in [3.05, 3.63) is 48.6 Å². The molecule has 0 amide bonds. The molecule has 1 heterocycles. The smallest absolute Gasteiger partial charge is 0.293 e. The van der Waals surface area contributed by atoms with Crippen LogP contribution in [0.4, 0.5) is 0 Å². The first-order valence-corrected chi connectivity index (χ1v) is 8.06. The molecular weight excluding hydrogens is 290 g/mol. The van der Waals surface area contributed by atoms with Gasteiger partial charge in [-0.15, -0.1) is 0 Å². The van der Waals surface area contributed by atoms with Gasteiger partial charge in [0.05, 0.1) is 0 Å². The molecule has 0 saturated carbocycles. The van der Waals surface area contributed by atoms with Gasteiger partial charge in [-0.3, -0.25) is 9.79 Å². The quantitative estimate of drug-likeness (QED) is 0.469. The van der Waals surface area contributed by atoms with Gasteiger partial charge in [-0.1, -0.05) is 36.9 Å². The lowest BCUT2D eigenvalue weighted by Crippen LogP contribution is -2.61. The Morgan fingerprint density at radius 3 is 2.30 bits per heavy atom. The highest BCUT2D eigenvalue weighted by molar-refractivity contribution is 5.80. The molecule has 0 spiro atoms. The first kappa shape index (κ1) is 17.7. The van der Waals surface area contributed by atoms with Gasteiger partial charge in [-0.2, -0.15) is 4.89 Å². The molecule has 2 rings (SSSR count). The van der Waals surface area contributed by atoms with Gasteiger partial charge >= 0.3 is 5.97 Å². The number of hydrogen-bond acceptors (Lipinski definition) is 4. The third-order valence-corrected chi connectivity index (χ3v) is 4.53. The van der Waals surface area contributed by atoms with E-state index in [1.54, 1.807) is 0 Å². The monoisotopic (exact) mass is 317 g/mol. The lowest BCUT2D eigenvalue weighted by atomic mass is 9.78. The number of piperidine rings is 1. The maximum absolute atomic E-state index is 11.2. The zero-order valence-corrected chi connectivity index (χ0v) is 14.5. The molecule has 126 valence electrons. The van der Waals surface area contributed by atoms with Crippen molar-refractivity contribution in [1.82, 2.24) is 4.90 Å². The van der Waals surface area contributed by atoms with Crippen LogP contribution in [0.2, 0.25) is 0 Å². The van der Waals surface area contributed by atoms with Crippen LogP contribution in [0.15, 0.2) is 43.0 Å². The third kappa shape index (κ3) is 4.43. The van der Waals surface area contributed by atoms with E-state index in [1.807, 2.05) is 6.07 Å². The second kappa shape index (κ2) is 6.85. The molecule has 0 radical (unpaired) electrons. The van der Waals surface area contributed by atoms with E-state index in [2.05, 4.69) is 63.4 Å². The molecule has 0 aromatic heterocycles. The first-order chi connectivity index (χ1) is 10.7. The Morgan fingerprint density at radius 2 is 1.78 bits per heavy atom. The number of carbonyl (C=O) groups excluding carboxylic acids is 1. The number of carbonyl (C=O) groups is 1. The molecular formula is C19H27NO3. The van der Waals surface area contributed by atoms with Crippen molar-refractivity contribution >= 4 is 5.97 Å². The van der Waals surface area contributed by atoms with Crippen LogP contribution in [0, 0.1) is 0 Å². The van der Waals surface area contributed by atoms with Crippen LogP contribution in [-0.2, 0) is 21.1 Å². The molecule has 0 aliphatic carbocycles. The fourth-order valence-corrected chi connectivity index (χ4v) is 3.64. The predicted molar refractivity (Wildman–Crippen MR) is 90.5 cm³/mol. The van der Waals surface area contributed by atoms with Crippen LogP contribution < -0.4 is 0 Å². The zero-order valence-electron chi connectivity index (χ0n) is 14.5. The molecule has 4 heteroatoms. The average Bonchev–Trinajstić information content (AvgIpc) is 2.49. The van der Waals surface area contributed by atoms with Crippen molar-refractivity contribution in [2.45, 2.75) is 64.3 Å². The van der Waals surface area contributed by atoms with Gasteiger partial charge in [0, 0.05) is 23.7 Å². The average molecular weight is 317 g/mol. The van der Waals surface area contributed by atoms with Crippen LogP contribution in [-0.4, -0.2) is 28.1 Å². The molecule has 0 N–H and O–H groups in total. The lowest BCUT2D eigenvalue weighted by molar-refractivity contribution is -0.311. The minimum atomic E-state index is -0.549. The minimum Gasteiger partial charge on any atom is -0.293 e. The number of likely N-dealkylation sites (tertiary alicyclic amines) is 1. The highest BCUT2D eigenvalue weighted by atomic mass is 17.2. The Hall–Kier alpha value is -1.65. The van der Waals surface area contributed by atoms with E-state index in [4.69, 9.17) is 9.78 Å². The highest BCUT2D eigenvalue weighted by Gasteiger charge is 2.46. The molecule has 1 aliphatic rings. The van der Waals surface area contributed by atoms with Crippen molar-refractivity contribution in [3.63, 3.8) is 0 Å². The number of rotatable bonds is 5. The van der Waals surface area contributed by atoms with Gasteiger partial charge in [0.25, 0.3) is 0 Å². The molecule has 1 aliphatic heterocycles. The molecule has 1 fully saturated rings. The predicted octanol–water partition coefficient (Wildman–Crippen LogP) is 3.87. The van der Waals surface area contributed by atoms with E-state index in [9.17, 15) is 4.79 Å². The van der Waals surface area contributed by atoms with E-state index in [1.165, 1.54) is 5.56 Å². The molecule has 0 unspecified atom stereocenters. The van der Waals surface area contributed by atoms with Gasteiger partial charge < -0.3 is 0 Å². The first-order valence-electron chi connectivity index (χ1n) is 8.06. The second-order valence-corrected chi connectivity index (χ2v) is 7.43. The van der Waals surface area contributed by atoms with Crippen LogP contribution in [0.3, 0.4) is 0 Å². The number of nitrogens with zero attached hydrogens (tertiary/aromatic N) is 1. The summed E-state index contributed by atoms with van der Waals surface area (Å²) in [6.45, 7) is 13.1. The summed E-state index contributed by atoms with van der Waals surface area (Å²) in [5.41, 5.74) is 1.16. The second-order valence-electron chi connectivity index (χ2n) is 7.43. The summed E-state index contributed by atoms with van der Waals surface area (Å²) in [5, 5.41) is 0. The van der Waals surface area contributed by atoms with Gasteiger partial charge in [0.1, 0.15) is 6.10 Å². The molecule has 0 atom stereocenters. The van der Waals surface area contributed by atoms with E-state index >= 15 is 0 Å². The summed E-state index contributed by atoms with van der Waals surface area (Å²) in [4.78, 5) is 23.9. The number of benzene rings is 1. The van der Waals surface area contributed by atoms with Crippen molar-refractivity contribution in [3.8, 4) is 0 Å². The summed E-state index contributed by atoms with van der Waals surface area (Å²) in [6.07, 6.45) is 2.60. The molecule has 1 saturated heterocycles. The van der Waals surface area contributed by atoms with Gasteiger partial charge in [0.15, 0.2) is 0 Å². The van der Waals surface area contributed by atoms with E-state index in [0.29, 0.717) is 0 Å². The van der Waals surface area contributed by atoms with Crippen LogP contribution in [0.1, 0.15) is 46.1 Å². The fourth-order valence-electron chi connectivity index (χ4n) is 3.64. The fraction of sp³-hybridized carbons (Fsp3) is 0.526. The molecule has 4 nitrogen and oxygen atoms in total. The van der Waals surface area contributed by atoms with E-state index in [0.717, 1.165) is 25.5 Å². The standard InChI is InChI=1S/C19H27NO3/c1-6-17(21)23-22-16-12-18(2,3)20(19(4,5)13-16)14-15-10-8-7-9-11-15/h6-11,16H,1,12-14H2,2-5H3. The molecule has 23 heavy (non-hydrogen) atoms. The van der Waals surface area contributed by atoms with Crippen molar-refractivity contribution in [2.24, 2.45) is 0 Å². The van der Waals surface area contributed by atoms with E-state index < -0.39 is 5.97 Å². The Labute approximate surface area is 139 Å². The Kier molecular flexibility index (Phi) is 5.27. The summed E-state index contributed by atoms with van der Waals surface area (Å²) in [7, 11) is 0. The van der Waals surface area contributed by atoms with Gasteiger partial charge in [-0.05, 0) is 46.1 Å². The van der Waals surface area contributed by atoms with Crippen LogP contribution in [0.25, 0.3) is 0 Å². The third-order valence-electron chi connectivity index (χ3n) is 4.53. The van der Waals surface area contributed by atoms with Crippen LogP contribution in [0.5, 0.6) is 0 Å². The zero-order chi connectivity index (χ0) is 17.1. The topological polar surface area (TPSA) is 38.8 Å². The normalized spacial score (nSPS) is 20.9. The van der Waals surface area contributed by atoms with Crippen LogP contribution >= 0.6 is 0 Å². The summed E-state index contributed by atoms with van der Waals surface area (Å²) >= 11 is 0. The summed E-state index contributed by atoms with van der Waals surface area (Å²) in [6, 6.07) is 10.5.